The van der Waals surface area contributed by atoms with Gasteiger partial charge in [-0.3, -0.25) is 5.41 Å². The van der Waals surface area contributed by atoms with Gasteiger partial charge in [-0.1, -0.05) is 110 Å². The largest absolute Gasteiger partial charge is 0.255 e. The molecule has 0 saturated heterocycles. The van der Waals surface area contributed by atoms with Crippen LogP contribution in [-0.2, 0) is 0 Å². The van der Waals surface area contributed by atoms with Crippen molar-refractivity contribution in [2.75, 3.05) is 6.54 Å². The Bertz CT molecular complexity index is 436. The molecule has 0 fully saturated rings. The minimum Gasteiger partial charge on any atom is -0.255 e. The van der Waals surface area contributed by atoms with E-state index in [2.05, 4.69) is 37.2 Å². The molecular formula is C26H47N2+. The van der Waals surface area contributed by atoms with Gasteiger partial charge in [0.15, 0.2) is 5.57 Å². The Morgan fingerprint density at radius 3 is 1.71 bits per heavy atom. The fraction of sp³-hybridized carbons (Fsp3) is 0.808. The Hall–Kier alpha value is -1.14. The van der Waals surface area contributed by atoms with Crippen molar-refractivity contribution in [3.63, 3.8) is 0 Å². The van der Waals surface area contributed by atoms with Crippen LogP contribution in [0.5, 0.6) is 0 Å². The van der Waals surface area contributed by atoms with Crippen LogP contribution in [-0.4, -0.2) is 17.2 Å². The lowest BCUT2D eigenvalue weighted by Gasteiger charge is -2.06. The van der Waals surface area contributed by atoms with Gasteiger partial charge in [0.25, 0.3) is 0 Å². The molecule has 0 aromatic carbocycles. The lowest BCUT2D eigenvalue weighted by atomic mass is 10.0. The molecule has 0 aliphatic carbocycles. The highest BCUT2D eigenvalue weighted by Crippen LogP contribution is 2.17. The summed E-state index contributed by atoms with van der Waals surface area (Å²) in [5.74, 6) is 0. The van der Waals surface area contributed by atoms with Crippen molar-refractivity contribution in [2.45, 2.75) is 129 Å². The average Bonchev–Trinajstić information content (AvgIpc) is 3.17. The maximum Gasteiger partial charge on any atom is 0.197 e. The SMILES string of the molecule is CCCCCCCCCCCCCCN1[C+]=C(C(=N)CCCCCCC)C=C1. The zero-order valence-electron chi connectivity index (χ0n) is 19.0. The van der Waals surface area contributed by atoms with E-state index >= 15 is 0 Å². The summed E-state index contributed by atoms with van der Waals surface area (Å²) >= 11 is 0. The number of unbranched alkanes of at least 4 members (excludes halogenated alkanes) is 15. The molecule has 28 heavy (non-hydrogen) atoms. The zero-order valence-corrected chi connectivity index (χ0v) is 19.0. The molecule has 1 aliphatic heterocycles. The number of nitrogens with zero attached hydrogens (tertiary/aromatic N) is 1. The van der Waals surface area contributed by atoms with Gasteiger partial charge in [-0.2, -0.15) is 0 Å². The van der Waals surface area contributed by atoms with Crippen molar-refractivity contribution in [2.24, 2.45) is 0 Å². The number of hydrogen-bond donors (Lipinski definition) is 1. The van der Waals surface area contributed by atoms with Crippen LogP contribution in [0.2, 0.25) is 0 Å². The van der Waals surface area contributed by atoms with Crippen LogP contribution in [0.1, 0.15) is 129 Å². The first kappa shape index (κ1) is 24.9. The monoisotopic (exact) mass is 387 g/mol. The standard InChI is InChI=1S/C26H47N2/c1-3-5-7-9-10-11-12-13-14-15-17-19-22-28-23-21-25(24-28)26(27)20-18-16-8-6-4-2/h21,23,27H,3-20,22H2,1-2H3/q+1. The molecule has 0 bridgehead atoms. The molecule has 2 nitrogen and oxygen atoms in total. The maximum atomic E-state index is 8.25. The van der Waals surface area contributed by atoms with Crippen LogP contribution < -0.4 is 0 Å². The van der Waals surface area contributed by atoms with Crippen molar-refractivity contribution >= 4 is 5.71 Å². The van der Waals surface area contributed by atoms with Crippen LogP contribution >= 0.6 is 0 Å². The van der Waals surface area contributed by atoms with E-state index in [1.165, 1.54) is 103 Å². The Morgan fingerprint density at radius 1 is 0.714 bits per heavy atom. The molecule has 0 saturated carbocycles. The summed E-state index contributed by atoms with van der Waals surface area (Å²) in [6, 6.07) is 0. The van der Waals surface area contributed by atoms with E-state index in [1.807, 2.05) is 0 Å². The third kappa shape index (κ3) is 13.1. The van der Waals surface area contributed by atoms with Gasteiger partial charge in [0.1, 0.15) is 18.1 Å². The molecule has 0 unspecified atom stereocenters. The van der Waals surface area contributed by atoms with E-state index in [-0.39, 0.29) is 0 Å². The summed E-state index contributed by atoms with van der Waals surface area (Å²) < 4.78 is 0. The Morgan fingerprint density at radius 2 is 1.18 bits per heavy atom. The summed E-state index contributed by atoms with van der Waals surface area (Å²) in [7, 11) is 0. The molecule has 1 heterocycles. The molecule has 0 spiro atoms. The predicted molar refractivity (Wildman–Crippen MR) is 125 cm³/mol. The second-order valence-corrected chi connectivity index (χ2v) is 8.57. The second kappa shape index (κ2) is 17.9. The molecule has 160 valence electrons. The normalized spacial score (nSPS) is 13.1. The summed E-state index contributed by atoms with van der Waals surface area (Å²) in [4.78, 5) is 2.16. The van der Waals surface area contributed by atoms with E-state index in [1.54, 1.807) is 0 Å². The number of nitrogens with one attached hydrogen (secondary N) is 1. The molecule has 1 rings (SSSR count). The molecule has 0 aromatic heterocycles. The van der Waals surface area contributed by atoms with Gasteiger partial charge in [0, 0.05) is 6.42 Å². The topological polar surface area (TPSA) is 27.1 Å². The highest BCUT2D eigenvalue weighted by Gasteiger charge is 2.20. The van der Waals surface area contributed by atoms with Crippen molar-refractivity contribution in [1.82, 2.24) is 4.90 Å². The van der Waals surface area contributed by atoms with E-state index in [4.69, 9.17) is 5.41 Å². The first-order valence-electron chi connectivity index (χ1n) is 12.4. The first-order valence-corrected chi connectivity index (χ1v) is 12.4. The van der Waals surface area contributed by atoms with Crippen LogP contribution in [0.25, 0.3) is 0 Å². The van der Waals surface area contributed by atoms with E-state index in [0.29, 0.717) is 0 Å². The van der Waals surface area contributed by atoms with Crippen LogP contribution in [0, 0.1) is 11.6 Å². The zero-order chi connectivity index (χ0) is 20.3. The molecule has 0 amide bonds. The first-order chi connectivity index (χ1) is 13.8. The molecule has 0 radical (unpaired) electrons. The third-order valence-electron chi connectivity index (χ3n) is 5.79. The molecule has 1 N–H and O–H groups in total. The average molecular weight is 388 g/mol. The van der Waals surface area contributed by atoms with Gasteiger partial charge in [-0.05, 0) is 12.8 Å². The van der Waals surface area contributed by atoms with Crippen LogP contribution in [0.4, 0.5) is 0 Å². The van der Waals surface area contributed by atoms with Gasteiger partial charge in [0.2, 0.25) is 0 Å². The van der Waals surface area contributed by atoms with Crippen molar-refractivity contribution in [3.05, 3.63) is 24.0 Å². The predicted octanol–water partition coefficient (Wildman–Crippen LogP) is 8.58. The summed E-state index contributed by atoms with van der Waals surface area (Å²) in [5.41, 5.74) is 1.78. The van der Waals surface area contributed by atoms with Gasteiger partial charge in [-0.15, -0.1) is 0 Å². The Balaban J connectivity index is 1.94. The number of allylic oxidation sites excluding steroid dienone is 2. The molecule has 2 heteroatoms. The molecule has 0 aromatic rings. The Kier molecular flexibility index (Phi) is 15.9. The third-order valence-corrected chi connectivity index (χ3v) is 5.79. The lowest BCUT2D eigenvalue weighted by Crippen LogP contribution is -2.10. The van der Waals surface area contributed by atoms with Crippen molar-refractivity contribution in [3.8, 4) is 0 Å². The van der Waals surface area contributed by atoms with E-state index in [9.17, 15) is 0 Å². The van der Waals surface area contributed by atoms with Crippen LogP contribution in [0.3, 0.4) is 0 Å². The lowest BCUT2D eigenvalue weighted by molar-refractivity contribution is 0.455. The minimum atomic E-state index is 0.768. The number of hydrogen-bond acceptors (Lipinski definition) is 2. The van der Waals surface area contributed by atoms with Crippen molar-refractivity contribution < 1.29 is 0 Å². The summed E-state index contributed by atoms with van der Waals surface area (Å²) in [6.07, 6.45) is 31.6. The highest BCUT2D eigenvalue weighted by atomic mass is 15.1. The highest BCUT2D eigenvalue weighted by molar-refractivity contribution is 5.99. The smallest absolute Gasteiger partial charge is 0.197 e. The second-order valence-electron chi connectivity index (χ2n) is 8.57. The van der Waals surface area contributed by atoms with Crippen LogP contribution in [0.15, 0.2) is 17.8 Å². The number of rotatable bonds is 20. The molecule has 0 atom stereocenters. The van der Waals surface area contributed by atoms with E-state index in [0.717, 1.165) is 30.7 Å². The van der Waals surface area contributed by atoms with Gasteiger partial charge in [0.05, 0.1) is 12.6 Å². The molecule has 1 aliphatic rings. The van der Waals surface area contributed by atoms with Crippen molar-refractivity contribution in [1.29, 1.82) is 5.41 Å². The quantitative estimate of drug-likeness (QED) is 0.126. The minimum absolute atomic E-state index is 0.768. The van der Waals surface area contributed by atoms with Gasteiger partial charge >= 0.3 is 0 Å². The Labute approximate surface area is 176 Å². The fourth-order valence-electron chi connectivity index (χ4n) is 3.86. The summed E-state index contributed by atoms with van der Waals surface area (Å²) in [6.45, 7) is 5.59. The van der Waals surface area contributed by atoms with Gasteiger partial charge in [-0.25, -0.2) is 4.90 Å². The molecular weight excluding hydrogens is 340 g/mol. The summed E-state index contributed by atoms with van der Waals surface area (Å²) in [5, 5.41) is 8.25. The van der Waals surface area contributed by atoms with Gasteiger partial charge < -0.3 is 0 Å². The maximum absolute atomic E-state index is 8.25. The fourth-order valence-corrected chi connectivity index (χ4v) is 3.86. The van der Waals surface area contributed by atoms with E-state index < -0.39 is 0 Å².